The van der Waals surface area contributed by atoms with Crippen molar-refractivity contribution in [3.63, 3.8) is 0 Å². The summed E-state index contributed by atoms with van der Waals surface area (Å²) >= 11 is 0. The average molecular weight is 265 g/mol. The third-order valence-electron chi connectivity index (χ3n) is 2.21. The Kier molecular flexibility index (Phi) is 3.15. The highest BCUT2D eigenvalue weighted by Gasteiger charge is 2.18. The van der Waals surface area contributed by atoms with E-state index in [1.807, 2.05) is 6.92 Å². The van der Waals surface area contributed by atoms with Gasteiger partial charge < -0.3 is 9.92 Å². The molecule has 0 bridgehead atoms. The minimum atomic E-state index is -3.94. The van der Waals surface area contributed by atoms with Gasteiger partial charge in [0, 0.05) is 0 Å². The molecule has 0 aliphatic rings. The highest BCUT2D eigenvalue weighted by molar-refractivity contribution is 7.87. The summed E-state index contributed by atoms with van der Waals surface area (Å²) in [6.45, 7) is 1.86. The van der Waals surface area contributed by atoms with E-state index >= 15 is 0 Å². The van der Waals surface area contributed by atoms with Crippen LogP contribution in [0.4, 0.5) is 5.69 Å². The van der Waals surface area contributed by atoms with Gasteiger partial charge in [-0.15, -0.1) is 5.10 Å². The highest BCUT2D eigenvalue weighted by Crippen LogP contribution is 2.21. The van der Waals surface area contributed by atoms with Crippen molar-refractivity contribution in [3.05, 3.63) is 42.1 Å². The van der Waals surface area contributed by atoms with Gasteiger partial charge in [0.05, 0.1) is 11.9 Å². The molecule has 0 amide bonds. The summed E-state index contributed by atoms with van der Waals surface area (Å²) in [5.41, 5.74) is 6.60. The number of aryl methyl sites for hydroxylation is 1. The van der Waals surface area contributed by atoms with Crippen LogP contribution in [0.2, 0.25) is 0 Å². The zero-order chi connectivity index (χ0) is 13.2. The Labute approximate surface area is 105 Å². The number of hydrogen-bond acceptors (Lipinski definition) is 6. The number of nitrogen functional groups attached to an aromatic ring is 1. The minimum Gasteiger partial charge on any atom is -0.394 e. The number of benzene rings is 1. The molecule has 18 heavy (non-hydrogen) atoms. The summed E-state index contributed by atoms with van der Waals surface area (Å²) in [7, 11) is -3.94. The molecule has 6 nitrogen and oxygen atoms in total. The molecule has 0 saturated carbocycles. The monoisotopic (exact) mass is 265 g/mol. The molecule has 0 unspecified atom stereocenters. The van der Waals surface area contributed by atoms with Gasteiger partial charge in [0.15, 0.2) is 0 Å². The molecule has 7 heteroatoms. The van der Waals surface area contributed by atoms with Crippen molar-refractivity contribution in [2.45, 2.75) is 11.8 Å². The maximum Gasteiger partial charge on any atom is 0.340 e. The summed E-state index contributed by atoms with van der Waals surface area (Å²) < 4.78 is 28.7. The molecular formula is C11H11N3O3S. The first-order valence-corrected chi connectivity index (χ1v) is 6.48. The molecule has 1 aromatic heterocycles. The van der Waals surface area contributed by atoms with E-state index in [0.29, 0.717) is 0 Å². The van der Waals surface area contributed by atoms with E-state index < -0.39 is 10.1 Å². The lowest BCUT2D eigenvalue weighted by molar-refractivity contribution is 0.473. The van der Waals surface area contributed by atoms with Gasteiger partial charge in [-0.2, -0.15) is 13.5 Å². The van der Waals surface area contributed by atoms with Gasteiger partial charge in [0.2, 0.25) is 0 Å². The molecule has 0 spiro atoms. The topological polar surface area (TPSA) is 95.2 Å². The molecule has 0 atom stereocenters. The second-order valence-corrected chi connectivity index (χ2v) is 5.19. The van der Waals surface area contributed by atoms with Crippen molar-refractivity contribution in [2.24, 2.45) is 0 Å². The van der Waals surface area contributed by atoms with E-state index in [1.54, 1.807) is 12.1 Å². The van der Waals surface area contributed by atoms with Gasteiger partial charge in [-0.25, -0.2) is 0 Å². The average Bonchev–Trinajstić information content (AvgIpc) is 2.32. The molecule has 2 rings (SSSR count). The van der Waals surface area contributed by atoms with Crippen LogP contribution in [0.5, 0.6) is 5.88 Å². The minimum absolute atomic E-state index is 0.0400. The summed E-state index contributed by atoms with van der Waals surface area (Å²) in [5.74, 6) is -0.224. The van der Waals surface area contributed by atoms with E-state index in [9.17, 15) is 8.42 Å². The predicted molar refractivity (Wildman–Crippen MR) is 65.4 cm³/mol. The van der Waals surface area contributed by atoms with E-state index in [0.717, 1.165) is 5.56 Å². The third-order valence-corrected chi connectivity index (χ3v) is 3.44. The van der Waals surface area contributed by atoms with Gasteiger partial charge in [-0.3, -0.25) is 0 Å². The first-order chi connectivity index (χ1) is 8.49. The maximum absolute atomic E-state index is 11.9. The molecule has 1 heterocycles. The van der Waals surface area contributed by atoms with Crippen LogP contribution in [0, 0.1) is 6.92 Å². The molecule has 0 fully saturated rings. The molecule has 0 radical (unpaired) electrons. The van der Waals surface area contributed by atoms with Gasteiger partial charge in [0.1, 0.15) is 4.90 Å². The summed E-state index contributed by atoms with van der Waals surface area (Å²) in [6, 6.07) is 7.67. The molecule has 0 aliphatic heterocycles. The number of nitrogens with two attached hydrogens (primary N) is 1. The number of anilines is 1. The van der Waals surface area contributed by atoms with Crippen molar-refractivity contribution in [3.8, 4) is 5.88 Å². The Morgan fingerprint density at radius 1 is 1.17 bits per heavy atom. The SMILES string of the molecule is Cc1ccc(S(=O)(=O)Oc2nnccc2N)cc1. The van der Waals surface area contributed by atoms with Crippen molar-refractivity contribution in [2.75, 3.05) is 5.73 Å². The molecule has 2 aromatic rings. The Balaban J connectivity index is 2.33. The lowest BCUT2D eigenvalue weighted by Crippen LogP contribution is -2.12. The second-order valence-electron chi connectivity index (χ2n) is 3.64. The lowest BCUT2D eigenvalue weighted by Gasteiger charge is -2.07. The van der Waals surface area contributed by atoms with E-state index in [1.165, 1.54) is 24.4 Å². The van der Waals surface area contributed by atoms with Gasteiger partial charge >= 0.3 is 10.1 Å². The van der Waals surface area contributed by atoms with Crippen LogP contribution in [0.15, 0.2) is 41.4 Å². The van der Waals surface area contributed by atoms with Gasteiger partial charge in [-0.1, -0.05) is 17.7 Å². The molecule has 0 aliphatic carbocycles. The van der Waals surface area contributed by atoms with Gasteiger partial charge in [0.25, 0.3) is 5.88 Å². The van der Waals surface area contributed by atoms with Crippen LogP contribution in [0.1, 0.15) is 5.56 Å². The largest absolute Gasteiger partial charge is 0.394 e. The fraction of sp³-hybridized carbons (Fsp3) is 0.0909. The lowest BCUT2D eigenvalue weighted by atomic mass is 10.2. The molecular weight excluding hydrogens is 254 g/mol. The normalized spacial score (nSPS) is 11.2. The summed E-state index contributed by atoms with van der Waals surface area (Å²) in [4.78, 5) is 0.0400. The van der Waals surface area contributed by atoms with Crippen LogP contribution in [0.25, 0.3) is 0 Å². The van der Waals surface area contributed by atoms with Crippen molar-refractivity contribution in [1.29, 1.82) is 0 Å². The third kappa shape index (κ3) is 2.57. The van der Waals surface area contributed by atoms with Crippen LogP contribution < -0.4 is 9.92 Å². The van der Waals surface area contributed by atoms with E-state index in [2.05, 4.69) is 10.2 Å². The zero-order valence-electron chi connectivity index (χ0n) is 9.57. The number of hydrogen-bond donors (Lipinski definition) is 1. The molecule has 94 valence electrons. The molecule has 1 aromatic carbocycles. The standard InChI is InChI=1S/C11H11N3O3S/c1-8-2-4-9(5-3-8)18(15,16)17-11-10(12)6-7-13-14-11/h2-7H,1H3,(H2,12,13). The number of aromatic nitrogens is 2. The van der Waals surface area contributed by atoms with Crippen LogP contribution >= 0.6 is 0 Å². The first-order valence-electron chi connectivity index (χ1n) is 5.07. The van der Waals surface area contributed by atoms with E-state index in [4.69, 9.17) is 9.92 Å². The maximum atomic E-state index is 11.9. The Morgan fingerprint density at radius 3 is 2.44 bits per heavy atom. The Bertz CT molecular complexity index is 653. The molecule has 0 saturated heterocycles. The predicted octanol–water partition coefficient (Wildman–Crippen LogP) is 1.13. The highest BCUT2D eigenvalue weighted by atomic mass is 32.2. The van der Waals surface area contributed by atoms with Crippen molar-refractivity contribution < 1.29 is 12.6 Å². The summed E-state index contributed by atoms with van der Waals surface area (Å²) in [6.07, 6.45) is 1.35. The number of rotatable bonds is 3. The van der Waals surface area contributed by atoms with Crippen molar-refractivity contribution in [1.82, 2.24) is 10.2 Å². The Morgan fingerprint density at radius 2 is 1.83 bits per heavy atom. The summed E-state index contributed by atoms with van der Waals surface area (Å²) in [5, 5.41) is 7.05. The van der Waals surface area contributed by atoms with Crippen LogP contribution in [0.3, 0.4) is 0 Å². The van der Waals surface area contributed by atoms with E-state index in [-0.39, 0.29) is 16.5 Å². The first kappa shape index (κ1) is 12.3. The fourth-order valence-electron chi connectivity index (χ4n) is 1.25. The van der Waals surface area contributed by atoms with Crippen LogP contribution in [-0.2, 0) is 10.1 Å². The second kappa shape index (κ2) is 4.61. The van der Waals surface area contributed by atoms with Crippen LogP contribution in [-0.4, -0.2) is 18.6 Å². The number of nitrogens with zero attached hydrogens (tertiary/aromatic N) is 2. The fourth-order valence-corrected chi connectivity index (χ4v) is 2.15. The quantitative estimate of drug-likeness (QED) is 0.836. The van der Waals surface area contributed by atoms with Crippen molar-refractivity contribution >= 4 is 15.8 Å². The molecule has 2 N–H and O–H groups in total. The zero-order valence-corrected chi connectivity index (χ0v) is 10.4. The van der Waals surface area contributed by atoms with Gasteiger partial charge in [-0.05, 0) is 25.1 Å². The Hall–Kier alpha value is -2.15. The smallest absolute Gasteiger partial charge is 0.340 e.